The van der Waals surface area contributed by atoms with Crippen molar-refractivity contribution in [3.05, 3.63) is 24.3 Å². The van der Waals surface area contributed by atoms with Crippen LogP contribution in [0.4, 0.5) is 11.4 Å². The maximum atomic E-state index is 12.2. The quantitative estimate of drug-likeness (QED) is 0.855. The first-order chi connectivity index (χ1) is 8.67. The highest BCUT2D eigenvalue weighted by atomic mass is 16.2. The topological polar surface area (TPSA) is 73.2 Å². The Morgan fingerprint density at radius 2 is 2.28 bits per heavy atom. The Labute approximate surface area is 105 Å². The van der Waals surface area contributed by atoms with Gasteiger partial charge in [-0.15, -0.1) is 0 Å². The van der Waals surface area contributed by atoms with E-state index in [0.717, 1.165) is 0 Å². The number of hydrogen-bond acceptors (Lipinski definition) is 3. The molecule has 0 saturated heterocycles. The van der Waals surface area contributed by atoms with Crippen molar-refractivity contribution >= 4 is 23.2 Å². The third-order valence-corrected chi connectivity index (χ3v) is 2.90. The molecule has 1 aromatic rings. The van der Waals surface area contributed by atoms with Gasteiger partial charge in [0.25, 0.3) is 0 Å². The molecule has 1 heterocycles. The summed E-state index contributed by atoms with van der Waals surface area (Å²) in [5, 5.41) is 11.6. The van der Waals surface area contributed by atoms with Crippen LogP contribution in [0.5, 0.6) is 0 Å². The van der Waals surface area contributed by atoms with Crippen molar-refractivity contribution in [3.8, 4) is 6.07 Å². The normalized spacial score (nSPS) is 15.3. The number of anilines is 2. The lowest BCUT2D eigenvalue weighted by atomic mass is 10.1. The van der Waals surface area contributed by atoms with E-state index in [2.05, 4.69) is 5.32 Å². The molecule has 0 fully saturated rings. The number of para-hydroxylation sites is 2. The van der Waals surface area contributed by atoms with Gasteiger partial charge in [0.15, 0.2) is 0 Å². The van der Waals surface area contributed by atoms with Crippen LogP contribution in [-0.2, 0) is 9.59 Å². The summed E-state index contributed by atoms with van der Waals surface area (Å²) in [5.74, 6) is -1.26. The van der Waals surface area contributed by atoms with Gasteiger partial charge in [-0.2, -0.15) is 5.26 Å². The molecule has 0 saturated carbocycles. The minimum absolute atomic E-state index is 0.0337. The molecule has 1 atom stereocenters. The number of rotatable bonds is 2. The molecule has 0 bridgehead atoms. The number of nitrogens with zero attached hydrogens (tertiary/aromatic N) is 2. The summed E-state index contributed by atoms with van der Waals surface area (Å²) in [6, 6.07) is 9.05. The van der Waals surface area contributed by atoms with E-state index in [4.69, 9.17) is 5.26 Å². The van der Waals surface area contributed by atoms with Crippen LogP contribution in [0, 0.1) is 17.2 Å². The molecule has 2 amide bonds. The Balaban J connectivity index is 2.38. The Hall–Kier alpha value is -2.35. The molecule has 92 valence electrons. The zero-order valence-corrected chi connectivity index (χ0v) is 10.0. The molecule has 1 aliphatic rings. The van der Waals surface area contributed by atoms with Gasteiger partial charge in [-0.3, -0.25) is 14.5 Å². The third kappa shape index (κ3) is 2.05. The number of nitrogens with one attached hydrogen (secondary N) is 1. The highest BCUT2D eigenvalue weighted by molar-refractivity contribution is 6.10. The van der Waals surface area contributed by atoms with Crippen LogP contribution in [0.15, 0.2) is 24.3 Å². The van der Waals surface area contributed by atoms with Crippen molar-refractivity contribution in [2.45, 2.75) is 13.3 Å². The summed E-state index contributed by atoms with van der Waals surface area (Å²) in [4.78, 5) is 25.1. The fourth-order valence-corrected chi connectivity index (χ4v) is 1.94. The van der Waals surface area contributed by atoms with E-state index < -0.39 is 5.92 Å². The van der Waals surface area contributed by atoms with Crippen LogP contribution in [0.2, 0.25) is 0 Å². The molecule has 0 aliphatic carbocycles. The Bertz CT molecular complexity index is 533. The molecule has 0 radical (unpaired) electrons. The molecule has 5 heteroatoms. The second-order valence-electron chi connectivity index (χ2n) is 4.08. The van der Waals surface area contributed by atoms with Crippen LogP contribution >= 0.6 is 0 Å². The van der Waals surface area contributed by atoms with Crippen LogP contribution in [-0.4, -0.2) is 18.4 Å². The van der Waals surface area contributed by atoms with Crippen LogP contribution < -0.4 is 10.2 Å². The minimum atomic E-state index is -0.705. The van der Waals surface area contributed by atoms with Gasteiger partial charge in [-0.25, -0.2) is 0 Å². The summed E-state index contributed by atoms with van der Waals surface area (Å²) < 4.78 is 0. The van der Waals surface area contributed by atoms with Crippen LogP contribution in [0.25, 0.3) is 0 Å². The number of fused-ring (bicyclic) bond motifs is 1. The Kier molecular flexibility index (Phi) is 3.28. The number of benzene rings is 1. The highest BCUT2D eigenvalue weighted by Gasteiger charge is 2.30. The van der Waals surface area contributed by atoms with E-state index in [-0.39, 0.29) is 18.4 Å². The van der Waals surface area contributed by atoms with Crippen LogP contribution in [0.3, 0.4) is 0 Å². The lowest BCUT2D eigenvalue weighted by Crippen LogP contribution is -2.44. The third-order valence-electron chi connectivity index (χ3n) is 2.90. The average molecular weight is 243 g/mol. The first-order valence-corrected chi connectivity index (χ1v) is 5.77. The molecular weight excluding hydrogens is 230 g/mol. The number of carbonyl (C=O) groups excluding carboxylic acids is 2. The van der Waals surface area contributed by atoms with E-state index >= 15 is 0 Å². The number of nitriles is 1. The molecular formula is C13H13N3O2. The minimum Gasteiger partial charge on any atom is -0.323 e. The van der Waals surface area contributed by atoms with Gasteiger partial charge in [0.2, 0.25) is 11.8 Å². The first kappa shape index (κ1) is 12.1. The fraction of sp³-hybridized carbons (Fsp3) is 0.308. The van der Waals surface area contributed by atoms with Gasteiger partial charge < -0.3 is 5.32 Å². The van der Waals surface area contributed by atoms with E-state index in [0.29, 0.717) is 17.8 Å². The zero-order chi connectivity index (χ0) is 13.1. The second kappa shape index (κ2) is 4.88. The maximum absolute atomic E-state index is 12.2. The SMILES string of the molecule is CCC(C#N)C(=O)N1CC(=O)Nc2ccccc21. The molecule has 0 aromatic heterocycles. The lowest BCUT2D eigenvalue weighted by molar-refractivity contribution is -0.123. The number of amides is 2. The number of carbonyl (C=O) groups is 2. The largest absolute Gasteiger partial charge is 0.323 e. The summed E-state index contributed by atoms with van der Waals surface area (Å²) in [6.07, 6.45) is 0.440. The summed E-state index contributed by atoms with van der Waals surface area (Å²) in [5.41, 5.74) is 1.26. The standard InChI is InChI=1S/C13H13N3O2/c1-2-9(7-14)13(18)16-8-12(17)15-10-5-3-4-6-11(10)16/h3-6,9H,2,8H2,1H3,(H,15,17). The molecule has 2 rings (SSSR count). The lowest BCUT2D eigenvalue weighted by Gasteiger charge is -2.30. The smallest absolute Gasteiger partial charge is 0.244 e. The van der Waals surface area contributed by atoms with E-state index in [9.17, 15) is 9.59 Å². The van der Waals surface area contributed by atoms with Gasteiger partial charge >= 0.3 is 0 Å². The van der Waals surface area contributed by atoms with Gasteiger partial charge in [-0.1, -0.05) is 19.1 Å². The second-order valence-corrected chi connectivity index (χ2v) is 4.08. The van der Waals surface area contributed by atoms with Gasteiger partial charge in [0.05, 0.1) is 17.4 Å². The monoisotopic (exact) mass is 243 g/mol. The Morgan fingerprint density at radius 3 is 2.94 bits per heavy atom. The van der Waals surface area contributed by atoms with E-state index in [1.165, 1.54) is 4.90 Å². The van der Waals surface area contributed by atoms with E-state index in [1.54, 1.807) is 31.2 Å². The van der Waals surface area contributed by atoms with Crippen molar-refractivity contribution in [1.82, 2.24) is 0 Å². The van der Waals surface area contributed by atoms with Crippen LogP contribution in [0.1, 0.15) is 13.3 Å². The molecule has 5 nitrogen and oxygen atoms in total. The van der Waals surface area contributed by atoms with Crippen molar-refractivity contribution in [2.75, 3.05) is 16.8 Å². The summed E-state index contributed by atoms with van der Waals surface area (Å²) in [7, 11) is 0. The first-order valence-electron chi connectivity index (χ1n) is 5.77. The Morgan fingerprint density at radius 1 is 1.56 bits per heavy atom. The summed E-state index contributed by atoms with van der Waals surface area (Å²) in [6.45, 7) is 1.75. The predicted octanol–water partition coefficient (Wildman–Crippen LogP) is 1.52. The van der Waals surface area contributed by atoms with Crippen molar-refractivity contribution in [2.24, 2.45) is 5.92 Å². The molecule has 0 spiro atoms. The van der Waals surface area contributed by atoms with Gasteiger partial charge in [0, 0.05) is 0 Å². The highest BCUT2D eigenvalue weighted by Crippen LogP contribution is 2.30. The van der Waals surface area contributed by atoms with Crippen molar-refractivity contribution in [1.29, 1.82) is 5.26 Å². The molecule has 1 aliphatic heterocycles. The molecule has 1 N–H and O–H groups in total. The zero-order valence-electron chi connectivity index (χ0n) is 10.0. The predicted molar refractivity (Wildman–Crippen MR) is 66.8 cm³/mol. The van der Waals surface area contributed by atoms with Gasteiger partial charge in [-0.05, 0) is 18.6 Å². The van der Waals surface area contributed by atoms with Crippen molar-refractivity contribution < 1.29 is 9.59 Å². The average Bonchev–Trinajstić information content (AvgIpc) is 2.39. The maximum Gasteiger partial charge on any atom is 0.244 e. The van der Waals surface area contributed by atoms with Gasteiger partial charge in [0.1, 0.15) is 12.5 Å². The molecule has 1 aromatic carbocycles. The number of hydrogen-bond donors (Lipinski definition) is 1. The summed E-state index contributed by atoms with van der Waals surface area (Å²) >= 11 is 0. The van der Waals surface area contributed by atoms with Crippen molar-refractivity contribution in [3.63, 3.8) is 0 Å². The van der Waals surface area contributed by atoms with E-state index in [1.807, 2.05) is 6.07 Å². The molecule has 18 heavy (non-hydrogen) atoms. The molecule has 1 unspecified atom stereocenters. The fourth-order valence-electron chi connectivity index (χ4n) is 1.94.